The summed E-state index contributed by atoms with van der Waals surface area (Å²) in [6, 6.07) is 8.82. The van der Waals surface area contributed by atoms with Gasteiger partial charge in [0, 0.05) is 130 Å². The summed E-state index contributed by atoms with van der Waals surface area (Å²) in [5.74, 6) is 0. The summed E-state index contributed by atoms with van der Waals surface area (Å²) >= 11 is 0. The molecular weight excluding hydrogens is 885 g/mol. The molecular formula is C62H116N10. The van der Waals surface area contributed by atoms with Gasteiger partial charge in [0.1, 0.15) is 0 Å². The molecule has 2 fully saturated rings. The lowest BCUT2D eigenvalue weighted by Crippen LogP contribution is -2.43. The highest BCUT2D eigenvalue weighted by Gasteiger charge is 2.13. The first-order chi connectivity index (χ1) is 35.7. The summed E-state index contributed by atoms with van der Waals surface area (Å²) in [6.07, 6.45) is 47.0. The quantitative estimate of drug-likeness (QED) is 0.0491. The van der Waals surface area contributed by atoms with Crippen LogP contribution in [0.25, 0.3) is 11.4 Å². The standard InChI is InChI=1S/C62H116N10/c1-3-5-7-9-11-13-15-16-17-18-19-20-21-22-23-24-26-28-30-32-46-70-49-39-65-43-53-72(54-44-66-40-50-70)58-60-34-36-62(68-56-60)61-35-33-59(55-67-61)57-71-51-41-63-37-47-69(48-38-64-42-52-71)45-31-29-27-25-14-12-10-8-6-4-2/h33-36,55-56,63-66H,3-32,37-54,57-58H2,1-2H3. The normalized spacial score (nSPS) is 17.3. The highest BCUT2D eigenvalue weighted by Crippen LogP contribution is 2.18. The number of hydrogen-bond acceptors (Lipinski definition) is 10. The Labute approximate surface area is 445 Å². The lowest BCUT2D eigenvalue weighted by Gasteiger charge is -2.27. The molecule has 2 aliphatic heterocycles. The second kappa shape index (κ2) is 45.2. The van der Waals surface area contributed by atoms with Crippen molar-refractivity contribution in [3.05, 3.63) is 47.8 Å². The molecule has 0 aromatic carbocycles. The molecule has 2 aliphatic rings. The van der Waals surface area contributed by atoms with E-state index in [2.05, 4.69) is 91.4 Å². The molecule has 0 saturated carbocycles. The fraction of sp³-hybridized carbons (Fsp3) is 0.839. The molecule has 2 saturated heterocycles. The molecule has 10 heteroatoms. The van der Waals surface area contributed by atoms with Crippen LogP contribution in [0.2, 0.25) is 0 Å². The van der Waals surface area contributed by atoms with Crippen molar-refractivity contribution < 1.29 is 0 Å². The van der Waals surface area contributed by atoms with Crippen molar-refractivity contribution >= 4 is 0 Å². The molecule has 0 atom stereocenters. The van der Waals surface area contributed by atoms with Gasteiger partial charge in [-0.05, 0) is 49.2 Å². The molecule has 4 rings (SSSR count). The second-order valence-corrected chi connectivity index (χ2v) is 22.2. The predicted molar refractivity (Wildman–Crippen MR) is 312 cm³/mol. The molecule has 0 unspecified atom stereocenters. The minimum absolute atomic E-state index is 0.922. The van der Waals surface area contributed by atoms with Crippen molar-refractivity contribution in [2.75, 3.05) is 118 Å². The maximum absolute atomic E-state index is 4.90. The van der Waals surface area contributed by atoms with Crippen LogP contribution in [0.15, 0.2) is 36.7 Å². The Morgan fingerprint density at radius 3 is 0.778 bits per heavy atom. The van der Waals surface area contributed by atoms with Crippen LogP contribution in [-0.2, 0) is 13.1 Å². The van der Waals surface area contributed by atoms with Gasteiger partial charge in [-0.1, -0.05) is 206 Å². The van der Waals surface area contributed by atoms with E-state index in [9.17, 15) is 0 Å². The molecule has 0 radical (unpaired) electrons. The summed E-state index contributed by atoms with van der Waals surface area (Å²) < 4.78 is 0. The zero-order valence-electron chi connectivity index (χ0n) is 47.5. The first-order valence-electron chi connectivity index (χ1n) is 31.4. The lowest BCUT2D eigenvalue weighted by molar-refractivity contribution is 0.234. The summed E-state index contributed by atoms with van der Waals surface area (Å²) in [5, 5.41) is 15.0. The number of nitrogens with zero attached hydrogens (tertiary/aromatic N) is 6. The Hall–Kier alpha value is -2.02. The highest BCUT2D eigenvalue weighted by atomic mass is 15.2. The fourth-order valence-electron chi connectivity index (χ4n) is 10.9. The maximum Gasteiger partial charge on any atom is 0.0886 e. The molecule has 0 amide bonds. The van der Waals surface area contributed by atoms with Crippen LogP contribution < -0.4 is 21.3 Å². The third kappa shape index (κ3) is 33.1. The third-order valence-electron chi connectivity index (χ3n) is 15.7. The van der Waals surface area contributed by atoms with E-state index in [1.54, 1.807) is 0 Å². The van der Waals surface area contributed by atoms with Crippen LogP contribution in [-0.4, -0.2) is 147 Å². The van der Waals surface area contributed by atoms with Crippen molar-refractivity contribution in [3.8, 4) is 11.4 Å². The number of rotatable bonds is 37. The minimum Gasteiger partial charge on any atom is -0.314 e. The van der Waals surface area contributed by atoms with Crippen molar-refractivity contribution in [1.29, 1.82) is 0 Å². The Morgan fingerprint density at radius 1 is 0.306 bits per heavy atom. The van der Waals surface area contributed by atoms with Gasteiger partial charge in [-0.25, -0.2) is 0 Å². The predicted octanol–water partition coefficient (Wildman–Crippen LogP) is 12.5. The van der Waals surface area contributed by atoms with Crippen LogP contribution in [0.3, 0.4) is 0 Å². The van der Waals surface area contributed by atoms with Crippen LogP contribution in [0, 0.1) is 0 Å². The van der Waals surface area contributed by atoms with Gasteiger partial charge >= 0.3 is 0 Å². The van der Waals surface area contributed by atoms with Gasteiger partial charge in [0.2, 0.25) is 0 Å². The molecule has 4 heterocycles. The molecule has 0 spiro atoms. The zero-order valence-corrected chi connectivity index (χ0v) is 47.5. The Kier molecular flexibility index (Phi) is 39.2. The first-order valence-corrected chi connectivity index (χ1v) is 31.4. The monoisotopic (exact) mass is 1000 g/mol. The third-order valence-corrected chi connectivity index (χ3v) is 15.7. The van der Waals surface area contributed by atoms with Crippen LogP contribution >= 0.6 is 0 Å². The van der Waals surface area contributed by atoms with Crippen LogP contribution in [0.1, 0.15) is 218 Å². The number of aromatic nitrogens is 2. The number of unbranched alkanes of at least 4 members (excludes halogenated alkanes) is 28. The van der Waals surface area contributed by atoms with E-state index in [1.807, 2.05) is 0 Å². The summed E-state index contributed by atoms with van der Waals surface area (Å²) in [4.78, 5) is 20.3. The second-order valence-electron chi connectivity index (χ2n) is 22.2. The Balaban J connectivity index is 1.00. The molecule has 72 heavy (non-hydrogen) atoms. The van der Waals surface area contributed by atoms with Gasteiger partial charge in [0.25, 0.3) is 0 Å². The molecule has 10 nitrogen and oxygen atoms in total. The van der Waals surface area contributed by atoms with E-state index in [-0.39, 0.29) is 0 Å². The summed E-state index contributed by atoms with van der Waals surface area (Å²) in [5.41, 5.74) is 4.43. The zero-order chi connectivity index (χ0) is 50.5. The van der Waals surface area contributed by atoms with Crippen LogP contribution in [0.5, 0.6) is 0 Å². The van der Waals surface area contributed by atoms with Gasteiger partial charge in [-0.15, -0.1) is 0 Å². The fourth-order valence-corrected chi connectivity index (χ4v) is 10.9. The number of pyridine rings is 2. The maximum atomic E-state index is 4.90. The van der Waals surface area contributed by atoms with Crippen molar-refractivity contribution in [2.45, 2.75) is 220 Å². The largest absolute Gasteiger partial charge is 0.314 e. The molecule has 2 aromatic heterocycles. The summed E-state index contributed by atoms with van der Waals surface area (Å²) in [6.45, 7) is 26.1. The molecule has 2 aromatic rings. The van der Waals surface area contributed by atoms with Crippen molar-refractivity contribution in [1.82, 2.24) is 50.8 Å². The van der Waals surface area contributed by atoms with E-state index >= 15 is 0 Å². The smallest absolute Gasteiger partial charge is 0.0886 e. The first kappa shape index (κ1) is 62.5. The highest BCUT2D eigenvalue weighted by molar-refractivity contribution is 5.54. The lowest BCUT2D eigenvalue weighted by atomic mass is 10.0. The van der Waals surface area contributed by atoms with Gasteiger partial charge < -0.3 is 31.1 Å². The van der Waals surface area contributed by atoms with Crippen molar-refractivity contribution in [2.24, 2.45) is 0 Å². The SMILES string of the molecule is CCCCCCCCCCCCCCCCCCCCCCN1CCNCCN(Cc2ccc(-c3ccc(CN4CCNCCN(CCCCCCCCCCCC)CCNCC4)cn3)nc2)CCNCC1. The van der Waals surface area contributed by atoms with E-state index in [0.717, 1.165) is 129 Å². The average Bonchev–Trinajstić information content (AvgIpc) is 3.39. The molecule has 0 bridgehead atoms. The van der Waals surface area contributed by atoms with E-state index in [0.29, 0.717) is 0 Å². The van der Waals surface area contributed by atoms with Gasteiger partial charge in [0.15, 0.2) is 0 Å². The number of hydrogen-bond donors (Lipinski definition) is 4. The Bertz CT molecular complexity index is 1430. The number of nitrogens with one attached hydrogen (secondary N) is 4. The average molecular weight is 1000 g/mol. The van der Waals surface area contributed by atoms with E-state index in [4.69, 9.17) is 9.97 Å². The molecule has 0 aliphatic carbocycles. The van der Waals surface area contributed by atoms with Gasteiger partial charge in [-0.2, -0.15) is 0 Å². The van der Waals surface area contributed by atoms with E-state index < -0.39 is 0 Å². The Morgan fingerprint density at radius 2 is 0.542 bits per heavy atom. The minimum atomic E-state index is 0.922. The van der Waals surface area contributed by atoms with Crippen molar-refractivity contribution in [3.63, 3.8) is 0 Å². The molecule has 4 N–H and O–H groups in total. The van der Waals surface area contributed by atoms with Crippen LogP contribution in [0.4, 0.5) is 0 Å². The van der Waals surface area contributed by atoms with Gasteiger partial charge in [0.05, 0.1) is 11.4 Å². The van der Waals surface area contributed by atoms with Gasteiger partial charge in [-0.3, -0.25) is 19.8 Å². The molecule has 414 valence electrons. The van der Waals surface area contributed by atoms with E-state index in [1.165, 1.54) is 217 Å². The topological polar surface area (TPSA) is 86.9 Å². The summed E-state index contributed by atoms with van der Waals surface area (Å²) in [7, 11) is 0.